The minimum Gasteiger partial charge on any atom is -0.466 e. The molecule has 0 aliphatic carbocycles. The zero-order chi connectivity index (χ0) is 57.8. The smallest absolute Gasteiger partial charge is 0.305 e. The van der Waals surface area contributed by atoms with Crippen molar-refractivity contribution in [2.75, 3.05) is 13.2 Å². The van der Waals surface area contributed by atoms with Crippen molar-refractivity contribution in [3.05, 3.63) is 12.2 Å². The van der Waals surface area contributed by atoms with Crippen molar-refractivity contribution in [3.63, 3.8) is 0 Å². The number of allylic oxidation sites excluding steroid dienone is 2. The van der Waals surface area contributed by atoms with E-state index in [4.69, 9.17) is 4.74 Å². The standard InChI is InChI=1S/C74H145NO5/c1-3-5-7-9-11-13-15-17-19-20-21-22-23-24-27-30-33-36-39-42-46-50-54-58-62-66-72(77)71(70-76)75-73(78)67-63-59-55-51-47-43-40-37-34-31-28-25-26-29-32-35-38-41-45-49-53-57-61-65-69-80-74(79)68-64-60-56-52-48-44-18-16-14-12-10-8-6-4-2/h16,18,71-72,76-77H,3-15,17,19-70H2,1-2H3,(H,75,78)/b18-16-. The van der Waals surface area contributed by atoms with Crippen molar-refractivity contribution < 1.29 is 24.5 Å². The van der Waals surface area contributed by atoms with Crippen LogP contribution < -0.4 is 5.32 Å². The second-order valence-corrected chi connectivity index (χ2v) is 25.6. The molecule has 2 unspecified atom stereocenters. The van der Waals surface area contributed by atoms with E-state index in [1.807, 2.05) is 0 Å². The number of ether oxygens (including phenoxy) is 1. The number of hydrogen-bond donors (Lipinski definition) is 3. The second-order valence-electron chi connectivity index (χ2n) is 25.6. The maximum absolute atomic E-state index is 12.6. The van der Waals surface area contributed by atoms with Crippen molar-refractivity contribution in [1.82, 2.24) is 5.32 Å². The first-order chi connectivity index (χ1) is 39.5. The molecular formula is C74H145NO5. The molecule has 476 valence electrons. The number of unbranched alkanes of at least 4 members (excludes halogenated alkanes) is 57. The number of carbonyl (C=O) groups is 2. The fourth-order valence-corrected chi connectivity index (χ4v) is 11.9. The quantitative estimate of drug-likeness (QED) is 0.0320. The lowest BCUT2D eigenvalue weighted by Crippen LogP contribution is -2.45. The van der Waals surface area contributed by atoms with Crippen LogP contribution in [0.4, 0.5) is 0 Å². The Morgan fingerprint density at radius 2 is 0.588 bits per heavy atom. The number of rotatable bonds is 70. The fourth-order valence-electron chi connectivity index (χ4n) is 11.9. The number of nitrogens with one attached hydrogen (secondary N) is 1. The summed E-state index contributed by atoms with van der Waals surface area (Å²) in [6.45, 7) is 4.99. The molecule has 0 bridgehead atoms. The van der Waals surface area contributed by atoms with E-state index in [1.165, 1.54) is 347 Å². The molecule has 0 saturated carbocycles. The van der Waals surface area contributed by atoms with Gasteiger partial charge in [0.2, 0.25) is 5.91 Å². The third-order valence-electron chi connectivity index (χ3n) is 17.6. The molecule has 1 amide bonds. The third kappa shape index (κ3) is 65.7. The summed E-state index contributed by atoms with van der Waals surface area (Å²) in [6, 6.07) is -0.542. The highest BCUT2D eigenvalue weighted by molar-refractivity contribution is 5.76. The summed E-state index contributed by atoms with van der Waals surface area (Å²) in [5, 5.41) is 23.5. The van der Waals surface area contributed by atoms with Crippen LogP contribution >= 0.6 is 0 Å². The molecule has 0 aromatic carbocycles. The molecule has 0 aliphatic rings. The molecule has 0 fully saturated rings. The summed E-state index contributed by atoms with van der Waals surface area (Å²) in [7, 11) is 0. The first kappa shape index (κ1) is 78.6. The number of amides is 1. The summed E-state index contributed by atoms with van der Waals surface area (Å²) in [6.07, 6.45) is 87.0. The summed E-state index contributed by atoms with van der Waals surface area (Å²) in [5.74, 6) is -0.0199. The lowest BCUT2D eigenvalue weighted by atomic mass is 10.0. The van der Waals surface area contributed by atoms with E-state index in [0.717, 1.165) is 44.9 Å². The summed E-state index contributed by atoms with van der Waals surface area (Å²) >= 11 is 0. The predicted octanol–water partition coefficient (Wildman–Crippen LogP) is 23.9. The summed E-state index contributed by atoms with van der Waals surface area (Å²) < 4.78 is 5.49. The Hall–Kier alpha value is -1.40. The van der Waals surface area contributed by atoms with Crippen LogP contribution in [0.3, 0.4) is 0 Å². The highest BCUT2D eigenvalue weighted by atomic mass is 16.5. The van der Waals surface area contributed by atoms with E-state index in [1.54, 1.807) is 0 Å². The van der Waals surface area contributed by atoms with Crippen molar-refractivity contribution >= 4 is 11.9 Å². The molecule has 80 heavy (non-hydrogen) atoms. The SMILES string of the molecule is CCCCCCC/C=C\CCCCCCCC(=O)OCCCCCCCCCCCCCCCCCCCCCCCCCCC(=O)NC(CO)C(O)CCCCCCCCCCCCCCCCCCCCCCCCCCC. The van der Waals surface area contributed by atoms with Gasteiger partial charge in [0, 0.05) is 12.8 Å². The lowest BCUT2D eigenvalue weighted by molar-refractivity contribution is -0.143. The molecular weight excluding hydrogens is 983 g/mol. The van der Waals surface area contributed by atoms with Crippen molar-refractivity contribution in [2.45, 2.75) is 437 Å². The molecule has 0 heterocycles. The molecule has 0 aromatic rings. The topological polar surface area (TPSA) is 95.9 Å². The molecule has 3 N–H and O–H groups in total. The van der Waals surface area contributed by atoms with Gasteiger partial charge < -0.3 is 20.3 Å². The molecule has 0 aliphatic heterocycles. The Bertz CT molecular complexity index is 1210. The average molecular weight is 1130 g/mol. The lowest BCUT2D eigenvalue weighted by Gasteiger charge is -2.22. The number of aliphatic hydroxyl groups excluding tert-OH is 2. The summed E-state index contributed by atoms with van der Waals surface area (Å²) in [5.41, 5.74) is 0. The van der Waals surface area contributed by atoms with E-state index < -0.39 is 12.1 Å². The van der Waals surface area contributed by atoms with Gasteiger partial charge >= 0.3 is 5.97 Å². The van der Waals surface area contributed by atoms with Gasteiger partial charge in [0.25, 0.3) is 0 Å². The van der Waals surface area contributed by atoms with Crippen LogP contribution in [0, 0.1) is 0 Å². The van der Waals surface area contributed by atoms with Gasteiger partial charge in [0.15, 0.2) is 0 Å². The van der Waals surface area contributed by atoms with E-state index in [9.17, 15) is 19.8 Å². The second kappa shape index (κ2) is 70.1. The van der Waals surface area contributed by atoms with Crippen LogP contribution in [0.25, 0.3) is 0 Å². The van der Waals surface area contributed by atoms with Gasteiger partial charge in [0.1, 0.15) is 0 Å². The van der Waals surface area contributed by atoms with Gasteiger partial charge in [0.05, 0.1) is 25.4 Å². The molecule has 2 atom stereocenters. The molecule has 0 radical (unpaired) electrons. The van der Waals surface area contributed by atoms with Crippen LogP contribution in [-0.2, 0) is 14.3 Å². The minimum absolute atomic E-state index is 0.00825. The van der Waals surface area contributed by atoms with Gasteiger partial charge in [-0.05, 0) is 51.4 Å². The number of hydrogen-bond acceptors (Lipinski definition) is 5. The third-order valence-corrected chi connectivity index (χ3v) is 17.6. The van der Waals surface area contributed by atoms with Gasteiger partial charge in [-0.3, -0.25) is 9.59 Å². The van der Waals surface area contributed by atoms with Crippen molar-refractivity contribution in [2.24, 2.45) is 0 Å². The molecule has 6 nitrogen and oxygen atoms in total. The largest absolute Gasteiger partial charge is 0.466 e. The number of carbonyl (C=O) groups excluding carboxylic acids is 2. The Balaban J connectivity index is 3.36. The Morgan fingerprint density at radius 1 is 0.338 bits per heavy atom. The van der Waals surface area contributed by atoms with Crippen LogP contribution in [-0.4, -0.2) is 47.4 Å². The molecule has 0 aromatic heterocycles. The van der Waals surface area contributed by atoms with Gasteiger partial charge in [-0.25, -0.2) is 0 Å². The summed E-state index contributed by atoms with van der Waals surface area (Å²) in [4.78, 5) is 24.6. The fraction of sp³-hybridized carbons (Fsp3) is 0.946. The average Bonchev–Trinajstić information content (AvgIpc) is 3.46. The van der Waals surface area contributed by atoms with E-state index in [0.29, 0.717) is 25.9 Å². The van der Waals surface area contributed by atoms with Crippen LogP contribution in [0.2, 0.25) is 0 Å². The van der Waals surface area contributed by atoms with Crippen molar-refractivity contribution in [1.29, 1.82) is 0 Å². The van der Waals surface area contributed by atoms with E-state index in [2.05, 4.69) is 31.3 Å². The highest BCUT2D eigenvalue weighted by Gasteiger charge is 2.20. The number of esters is 1. The molecule has 0 saturated heterocycles. The highest BCUT2D eigenvalue weighted by Crippen LogP contribution is 2.20. The zero-order valence-electron chi connectivity index (χ0n) is 54.6. The maximum Gasteiger partial charge on any atom is 0.305 e. The zero-order valence-corrected chi connectivity index (χ0v) is 54.6. The Kier molecular flexibility index (Phi) is 68.9. The molecule has 6 heteroatoms. The Morgan fingerprint density at radius 3 is 0.887 bits per heavy atom. The monoisotopic (exact) mass is 1130 g/mol. The molecule has 0 rings (SSSR count). The first-order valence-corrected chi connectivity index (χ1v) is 36.9. The van der Waals surface area contributed by atoms with Crippen molar-refractivity contribution in [3.8, 4) is 0 Å². The van der Waals surface area contributed by atoms with Crippen LogP contribution in [0.15, 0.2) is 12.2 Å². The predicted molar refractivity (Wildman–Crippen MR) is 352 cm³/mol. The maximum atomic E-state index is 12.6. The normalized spacial score (nSPS) is 12.5. The molecule has 0 spiro atoms. The number of aliphatic hydroxyl groups is 2. The van der Waals surface area contributed by atoms with Gasteiger partial charge in [-0.15, -0.1) is 0 Å². The first-order valence-electron chi connectivity index (χ1n) is 36.9. The van der Waals surface area contributed by atoms with Gasteiger partial charge in [-0.2, -0.15) is 0 Å². The van der Waals surface area contributed by atoms with E-state index in [-0.39, 0.29) is 18.5 Å². The van der Waals surface area contributed by atoms with Crippen LogP contribution in [0.5, 0.6) is 0 Å². The van der Waals surface area contributed by atoms with Gasteiger partial charge in [-0.1, -0.05) is 373 Å². The minimum atomic E-state index is -0.665. The Labute approximate surface area is 501 Å². The van der Waals surface area contributed by atoms with E-state index >= 15 is 0 Å². The van der Waals surface area contributed by atoms with Crippen LogP contribution in [0.1, 0.15) is 425 Å².